The molecule has 0 aliphatic rings. The predicted octanol–water partition coefficient (Wildman–Crippen LogP) is -0.499. The lowest BCUT2D eigenvalue weighted by atomic mass is 10.7. The molecule has 0 spiro atoms. The van der Waals surface area contributed by atoms with E-state index in [0.29, 0.717) is 0 Å². The van der Waals surface area contributed by atoms with Crippen LogP contribution in [0.3, 0.4) is 0 Å². The minimum Gasteiger partial charge on any atom is -0.480 e. The fourth-order valence-corrected chi connectivity index (χ4v) is 0.151. The molecule has 0 saturated carbocycles. The molecule has 0 rings (SSSR count). The second-order valence-electron chi connectivity index (χ2n) is 1.05. The summed E-state index contributed by atoms with van der Waals surface area (Å²) in [5, 5.41) is 17.3. The lowest BCUT2D eigenvalue weighted by Gasteiger charge is -1.90. The molecule has 0 aliphatic heterocycles. The Kier molecular flexibility index (Phi) is 5.73. The van der Waals surface area contributed by atoms with Crippen LogP contribution in [0.15, 0.2) is 0 Å². The molecule has 0 aromatic carbocycles. The molecular weight excluding hydrogens is 128 g/mol. The average Bonchev–Trinajstić information content (AvgIpc) is 1.61. The van der Waals surface area contributed by atoms with Gasteiger partial charge >= 0.3 is 12.1 Å². The van der Waals surface area contributed by atoms with E-state index >= 15 is 0 Å². The van der Waals surface area contributed by atoms with Crippen LogP contribution < -0.4 is 11.5 Å². The van der Waals surface area contributed by atoms with Gasteiger partial charge in [-0.05, 0) is 0 Å². The highest BCUT2D eigenvalue weighted by Crippen LogP contribution is 1.60. The van der Waals surface area contributed by atoms with Gasteiger partial charge in [0.15, 0.2) is 0 Å². The molecule has 0 radical (unpaired) electrons. The lowest BCUT2D eigenvalue weighted by molar-refractivity contribution is -0.135. The van der Waals surface area contributed by atoms with Crippen molar-refractivity contribution in [2.75, 3.05) is 6.54 Å². The first-order chi connectivity index (χ1) is 3.63. The summed E-state index contributed by atoms with van der Waals surface area (Å²) >= 11 is 0. The quantitative estimate of drug-likeness (QED) is 0.407. The van der Waals surface area contributed by atoms with Gasteiger partial charge in [-0.15, -0.1) is 0 Å². The Morgan fingerprint density at radius 3 is 1.89 bits per heavy atom. The predicted molar refractivity (Wildman–Crippen MR) is 28.7 cm³/mol. The van der Waals surface area contributed by atoms with E-state index in [1.54, 1.807) is 5.32 Å². The van der Waals surface area contributed by atoms with Gasteiger partial charge in [0, 0.05) is 0 Å². The summed E-state index contributed by atoms with van der Waals surface area (Å²) in [7, 11) is 0. The van der Waals surface area contributed by atoms with Crippen LogP contribution in [0.1, 0.15) is 0 Å². The third-order valence-corrected chi connectivity index (χ3v) is 0.391. The molecule has 0 bridgehead atoms. The molecule has 0 saturated heterocycles. The number of hydrogen-bond donors (Lipinski definition) is 4. The number of carbonyl (C=O) groups is 2. The highest BCUT2D eigenvalue weighted by Gasteiger charge is 1.97. The Balaban J connectivity index is 0. The van der Waals surface area contributed by atoms with Crippen molar-refractivity contribution in [2.24, 2.45) is 0 Å². The Labute approximate surface area is 51.1 Å². The maximum absolute atomic E-state index is 9.58. The van der Waals surface area contributed by atoms with Gasteiger partial charge in [0.1, 0.15) is 6.54 Å². The minimum absolute atomic E-state index is 0. The Morgan fingerprint density at radius 2 is 1.78 bits per heavy atom. The summed E-state index contributed by atoms with van der Waals surface area (Å²) in [4.78, 5) is 19.1. The number of rotatable bonds is 2. The lowest BCUT2D eigenvalue weighted by Crippen LogP contribution is -2.27. The van der Waals surface area contributed by atoms with Crippen molar-refractivity contribution in [3.8, 4) is 0 Å². The van der Waals surface area contributed by atoms with Crippen molar-refractivity contribution in [2.45, 2.75) is 0 Å². The first-order valence-electron chi connectivity index (χ1n) is 1.81. The van der Waals surface area contributed by atoms with Gasteiger partial charge in [-0.1, -0.05) is 0 Å². The fraction of sp³-hybridized carbons (Fsp3) is 0.333. The number of nitrogens with one attached hydrogen (secondary N) is 1. The molecule has 0 aromatic heterocycles. The van der Waals surface area contributed by atoms with E-state index in [-0.39, 0.29) is 6.15 Å². The molecule has 0 fully saturated rings. The first kappa shape index (κ1) is 10.6. The second kappa shape index (κ2) is 4.85. The van der Waals surface area contributed by atoms with Crippen molar-refractivity contribution in [3.05, 3.63) is 0 Å². The Bertz CT molecular complexity index is 98.4. The highest BCUT2D eigenvalue weighted by molar-refractivity contribution is 5.75. The Hall–Kier alpha value is -1.30. The van der Waals surface area contributed by atoms with Crippen molar-refractivity contribution >= 4 is 12.1 Å². The maximum Gasteiger partial charge on any atom is 0.405 e. The molecule has 54 valence electrons. The molecule has 0 aromatic rings. The topological polar surface area (TPSA) is 122 Å². The average molecular weight is 136 g/mol. The molecule has 9 heavy (non-hydrogen) atoms. The smallest absolute Gasteiger partial charge is 0.405 e. The van der Waals surface area contributed by atoms with E-state index in [9.17, 15) is 9.59 Å². The van der Waals surface area contributed by atoms with Crippen molar-refractivity contribution in [1.29, 1.82) is 0 Å². The third kappa shape index (κ3) is 10.8. The summed E-state index contributed by atoms with van der Waals surface area (Å²) < 4.78 is 0. The van der Waals surface area contributed by atoms with Crippen LogP contribution in [0.5, 0.6) is 0 Å². The van der Waals surface area contributed by atoms with E-state index in [4.69, 9.17) is 10.2 Å². The van der Waals surface area contributed by atoms with Gasteiger partial charge in [-0.25, -0.2) is 4.79 Å². The largest absolute Gasteiger partial charge is 0.480 e. The number of hydrogen-bond acceptors (Lipinski definition) is 3. The van der Waals surface area contributed by atoms with Crippen molar-refractivity contribution in [1.82, 2.24) is 11.5 Å². The number of carboxylic acids is 1. The van der Waals surface area contributed by atoms with Crippen LogP contribution in [-0.2, 0) is 4.79 Å². The van der Waals surface area contributed by atoms with Crippen LogP contribution in [0.25, 0.3) is 0 Å². The molecule has 6 nitrogen and oxygen atoms in total. The fourth-order valence-electron chi connectivity index (χ4n) is 0.151. The normalized spacial score (nSPS) is 7.11. The summed E-state index contributed by atoms with van der Waals surface area (Å²) in [6.45, 7) is -0.546. The van der Waals surface area contributed by atoms with E-state index in [2.05, 4.69) is 0 Å². The number of aliphatic carboxylic acids is 1. The van der Waals surface area contributed by atoms with E-state index in [1.165, 1.54) is 0 Å². The highest BCUT2D eigenvalue weighted by atomic mass is 16.4. The summed E-state index contributed by atoms with van der Waals surface area (Å²) in [5.41, 5.74) is 0. The van der Waals surface area contributed by atoms with Gasteiger partial charge in [0.2, 0.25) is 0 Å². The third-order valence-electron chi connectivity index (χ3n) is 0.391. The van der Waals surface area contributed by atoms with Crippen molar-refractivity contribution in [3.63, 3.8) is 0 Å². The van der Waals surface area contributed by atoms with Gasteiger partial charge in [-0.2, -0.15) is 0 Å². The van der Waals surface area contributed by atoms with E-state index in [1.807, 2.05) is 0 Å². The molecule has 0 aliphatic carbocycles. The van der Waals surface area contributed by atoms with Crippen LogP contribution >= 0.6 is 0 Å². The monoisotopic (exact) mass is 136 g/mol. The van der Waals surface area contributed by atoms with Gasteiger partial charge in [0.05, 0.1) is 0 Å². The second-order valence-corrected chi connectivity index (χ2v) is 1.05. The molecule has 0 atom stereocenters. The summed E-state index contributed by atoms with van der Waals surface area (Å²) in [5.74, 6) is -1.19. The molecule has 0 unspecified atom stereocenters. The molecular formula is C3H8N2O4. The SMILES string of the molecule is N.O=C(O)CNC(=O)O. The van der Waals surface area contributed by atoms with E-state index in [0.717, 1.165) is 0 Å². The van der Waals surface area contributed by atoms with Crippen LogP contribution in [0, 0.1) is 0 Å². The molecule has 6 N–H and O–H groups in total. The maximum atomic E-state index is 9.58. The van der Waals surface area contributed by atoms with Gasteiger partial charge in [0.25, 0.3) is 0 Å². The zero-order chi connectivity index (χ0) is 6.57. The van der Waals surface area contributed by atoms with Crippen molar-refractivity contribution < 1.29 is 19.8 Å². The number of amides is 1. The van der Waals surface area contributed by atoms with E-state index < -0.39 is 18.6 Å². The van der Waals surface area contributed by atoms with Gasteiger partial charge in [-0.3, -0.25) is 4.79 Å². The minimum atomic E-state index is -1.33. The first-order valence-corrected chi connectivity index (χ1v) is 1.81. The zero-order valence-corrected chi connectivity index (χ0v) is 4.63. The van der Waals surface area contributed by atoms with Crippen LogP contribution in [0.2, 0.25) is 0 Å². The molecule has 1 amide bonds. The van der Waals surface area contributed by atoms with Crippen LogP contribution in [0.4, 0.5) is 4.79 Å². The standard InChI is InChI=1S/C3H5NO4.H3N/c5-2(6)1-4-3(7)8;/h4H,1H2,(H,5,6)(H,7,8);1H3. The van der Waals surface area contributed by atoms with Gasteiger partial charge < -0.3 is 21.7 Å². The van der Waals surface area contributed by atoms with Crippen LogP contribution in [-0.4, -0.2) is 28.8 Å². The molecule has 6 heteroatoms. The molecule has 0 heterocycles. The summed E-state index contributed by atoms with van der Waals surface area (Å²) in [6, 6.07) is 0. The zero-order valence-electron chi connectivity index (χ0n) is 4.63. The summed E-state index contributed by atoms with van der Waals surface area (Å²) in [6.07, 6.45) is -1.33. The number of carboxylic acid groups (broad SMARTS) is 2. The Morgan fingerprint density at radius 1 is 1.33 bits per heavy atom.